The van der Waals surface area contributed by atoms with Crippen LogP contribution in [0.1, 0.15) is 40.8 Å². The van der Waals surface area contributed by atoms with Gasteiger partial charge < -0.3 is 25.6 Å². The third-order valence-electron chi connectivity index (χ3n) is 7.28. The molecule has 0 aliphatic carbocycles. The van der Waals surface area contributed by atoms with E-state index < -0.39 is 112 Å². The van der Waals surface area contributed by atoms with Crippen LogP contribution in [0.2, 0.25) is 0 Å². The SMILES string of the molecule is C.Cc1cc(Oc2cc(F)c(CC(=O)O)cc2F)cc(C(F)(F)F)c1.Nc1ncns1.O=C(Cc1cc(F)c(Oc2cc(C(F)(F)F)cc(C(F)(F)F)c2)cc1F)Nc1ncns1. The van der Waals surface area contributed by atoms with Crippen LogP contribution in [0.4, 0.5) is 67.3 Å². The predicted molar refractivity (Wildman–Crippen MR) is 200 cm³/mol. The molecule has 11 nitrogen and oxygen atoms in total. The first-order valence-corrected chi connectivity index (χ1v) is 17.9. The summed E-state index contributed by atoms with van der Waals surface area (Å²) in [6.45, 7) is 1.40. The minimum atomic E-state index is -5.15. The van der Waals surface area contributed by atoms with Gasteiger partial charge in [-0.05, 0) is 61.0 Å². The van der Waals surface area contributed by atoms with E-state index in [0.29, 0.717) is 35.5 Å². The molecule has 2 heterocycles. The summed E-state index contributed by atoms with van der Waals surface area (Å²) >= 11 is 2.03. The maximum atomic E-state index is 14.3. The van der Waals surface area contributed by atoms with Crippen LogP contribution in [0.5, 0.6) is 23.0 Å². The molecule has 63 heavy (non-hydrogen) atoms. The normalized spacial score (nSPS) is 11.3. The number of carbonyl (C=O) groups excluding carboxylic acids is 1. The molecule has 26 heteroatoms. The molecule has 0 saturated heterocycles. The van der Waals surface area contributed by atoms with Gasteiger partial charge in [-0.15, -0.1) is 0 Å². The second-order valence-corrected chi connectivity index (χ2v) is 13.6. The summed E-state index contributed by atoms with van der Waals surface area (Å²) < 4.78 is 189. The van der Waals surface area contributed by atoms with Gasteiger partial charge in [-0.1, -0.05) is 7.43 Å². The predicted octanol–water partition coefficient (Wildman–Crippen LogP) is 11.3. The van der Waals surface area contributed by atoms with E-state index in [1.54, 1.807) is 0 Å². The number of carboxylic acid groups (broad SMARTS) is 1. The van der Waals surface area contributed by atoms with Gasteiger partial charge in [0.2, 0.25) is 11.0 Å². The number of hydrogen-bond acceptors (Lipinski definition) is 11. The van der Waals surface area contributed by atoms with Crippen molar-refractivity contribution >= 4 is 45.2 Å². The van der Waals surface area contributed by atoms with Crippen molar-refractivity contribution in [2.75, 3.05) is 11.1 Å². The molecule has 0 radical (unpaired) electrons. The molecule has 6 aromatic rings. The molecule has 0 fully saturated rings. The van der Waals surface area contributed by atoms with Crippen LogP contribution in [0.3, 0.4) is 0 Å². The Morgan fingerprint density at radius 2 is 1.08 bits per heavy atom. The number of hydrogen-bond donors (Lipinski definition) is 3. The number of alkyl halides is 9. The average molecular weight is 947 g/mol. The summed E-state index contributed by atoms with van der Waals surface area (Å²) in [4.78, 5) is 29.7. The van der Waals surface area contributed by atoms with Crippen molar-refractivity contribution in [2.24, 2.45) is 0 Å². The van der Waals surface area contributed by atoms with E-state index in [9.17, 15) is 66.7 Å². The van der Waals surface area contributed by atoms with E-state index in [1.165, 1.54) is 30.8 Å². The first kappa shape index (κ1) is 50.8. The summed E-state index contributed by atoms with van der Waals surface area (Å²) in [5.41, 5.74) is 0.160. The zero-order valence-electron chi connectivity index (χ0n) is 30.5. The highest BCUT2D eigenvalue weighted by atomic mass is 32.1. The zero-order valence-corrected chi connectivity index (χ0v) is 32.2. The first-order valence-electron chi connectivity index (χ1n) is 16.4. The second-order valence-electron chi connectivity index (χ2n) is 12.0. The summed E-state index contributed by atoms with van der Waals surface area (Å²) in [5.74, 6) is -9.63. The van der Waals surface area contributed by atoms with E-state index in [2.05, 4.69) is 24.0 Å². The summed E-state index contributed by atoms with van der Waals surface area (Å²) in [5, 5.41) is 11.5. The van der Waals surface area contributed by atoms with Crippen LogP contribution in [0, 0.1) is 30.2 Å². The maximum absolute atomic E-state index is 14.3. The smallest absolute Gasteiger partial charge is 0.416 e. The molecule has 0 aliphatic rings. The molecule has 0 atom stereocenters. The fraction of sp³-hybridized carbons (Fsp3) is 0.189. The Balaban J connectivity index is 0.000000299. The first-order chi connectivity index (χ1) is 28.8. The fourth-order valence-electron chi connectivity index (χ4n) is 4.69. The molecular formula is C37H27F13N6O5S2. The van der Waals surface area contributed by atoms with Gasteiger partial charge in [0.15, 0.2) is 28.3 Å². The molecule has 0 aliphatic heterocycles. The van der Waals surface area contributed by atoms with Crippen molar-refractivity contribution in [3.05, 3.63) is 130 Å². The number of rotatable bonds is 9. The molecule has 0 unspecified atom stereocenters. The van der Waals surface area contributed by atoms with E-state index in [4.69, 9.17) is 20.3 Å². The van der Waals surface area contributed by atoms with Crippen LogP contribution < -0.4 is 20.5 Å². The molecular weight excluding hydrogens is 920 g/mol. The lowest BCUT2D eigenvalue weighted by molar-refractivity contribution is -0.143. The number of aryl methyl sites for hydroxylation is 1. The monoisotopic (exact) mass is 946 g/mol. The number of benzene rings is 4. The second kappa shape index (κ2) is 21.0. The number of carbonyl (C=O) groups is 2. The number of ether oxygens (including phenoxy) is 2. The molecule has 6 rings (SSSR count). The number of nitrogens with zero attached hydrogens (tertiary/aromatic N) is 4. The number of amides is 1. The number of nitrogens with one attached hydrogen (secondary N) is 1. The van der Waals surface area contributed by atoms with Crippen molar-refractivity contribution in [1.82, 2.24) is 18.7 Å². The number of nitrogen functional groups attached to an aromatic ring is 1. The highest BCUT2D eigenvalue weighted by molar-refractivity contribution is 7.09. The number of aromatic nitrogens is 4. The lowest BCUT2D eigenvalue weighted by Gasteiger charge is -2.15. The Bertz CT molecular complexity index is 2470. The number of aliphatic carboxylic acids is 1. The lowest BCUT2D eigenvalue weighted by Crippen LogP contribution is -2.15. The van der Waals surface area contributed by atoms with Crippen LogP contribution in [0.15, 0.2) is 73.3 Å². The van der Waals surface area contributed by atoms with Gasteiger partial charge in [0.05, 0.1) is 29.5 Å². The number of halogens is 13. The molecule has 0 bridgehead atoms. The van der Waals surface area contributed by atoms with Crippen molar-refractivity contribution in [3.63, 3.8) is 0 Å². The molecule has 4 aromatic carbocycles. The van der Waals surface area contributed by atoms with Gasteiger partial charge in [0.25, 0.3) is 0 Å². The molecule has 338 valence electrons. The molecule has 1 amide bonds. The zero-order chi connectivity index (χ0) is 46.2. The van der Waals surface area contributed by atoms with Crippen LogP contribution in [0.25, 0.3) is 0 Å². The topological polar surface area (TPSA) is 162 Å². The van der Waals surface area contributed by atoms with Crippen molar-refractivity contribution < 1.29 is 81.2 Å². The Kier molecular flexibility index (Phi) is 16.9. The molecule has 4 N–H and O–H groups in total. The van der Waals surface area contributed by atoms with Gasteiger partial charge in [-0.25, -0.2) is 27.5 Å². The Labute approximate surface area is 354 Å². The number of anilines is 2. The van der Waals surface area contributed by atoms with E-state index in [0.717, 1.165) is 23.9 Å². The van der Waals surface area contributed by atoms with Crippen LogP contribution >= 0.6 is 23.1 Å². The van der Waals surface area contributed by atoms with Gasteiger partial charge in [-0.2, -0.15) is 48.3 Å². The largest absolute Gasteiger partial charge is 0.481 e. The van der Waals surface area contributed by atoms with Crippen LogP contribution in [-0.4, -0.2) is 35.7 Å². The van der Waals surface area contributed by atoms with Crippen molar-refractivity contribution in [1.29, 1.82) is 0 Å². The average Bonchev–Trinajstić information content (AvgIpc) is 3.85. The Morgan fingerprint density at radius 3 is 1.48 bits per heavy atom. The van der Waals surface area contributed by atoms with E-state index in [-0.39, 0.29) is 42.1 Å². The van der Waals surface area contributed by atoms with Gasteiger partial charge in [0, 0.05) is 46.3 Å². The van der Waals surface area contributed by atoms with Gasteiger partial charge >= 0.3 is 24.5 Å². The Morgan fingerprint density at radius 1 is 0.635 bits per heavy atom. The minimum absolute atomic E-state index is 0. The third kappa shape index (κ3) is 15.4. The minimum Gasteiger partial charge on any atom is -0.481 e. The molecule has 0 spiro atoms. The van der Waals surface area contributed by atoms with E-state index >= 15 is 0 Å². The lowest BCUT2D eigenvalue weighted by atomic mass is 10.1. The number of nitrogens with two attached hydrogens (primary N) is 1. The maximum Gasteiger partial charge on any atom is 0.416 e. The fourth-order valence-corrected chi connectivity index (χ4v) is 5.43. The third-order valence-corrected chi connectivity index (χ3v) is 8.35. The highest BCUT2D eigenvalue weighted by Crippen LogP contribution is 2.40. The summed E-state index contributed by atoms with van der Waals surface area (Å²) in [7, 11) is 0. The standard InChI is InChI=1S/C18H9F8N3O2S.C16H11F5O3.C2H3N3S.CH4/c19-12-6-14(13(20)1-8(12)2-15(30)29-16-27-7-28-32-16)31-11-4-9(17(21,22)23)3-10(5-11)18(24,25)26;1-8-2-10(16(19,20)21)6-11(3-8)24-14-7-12(17)9(4-13(14)18)5-15(22)23;3-2-4-1-5-6-2;/h1,3-7H,2H2,(H,27,28,29,30);2-4,6-7H,5H2,1H3,(H,22,23);1H,(H2,3,4,5);1H4. The molecule has 0 saturated carbocycles. The number of carboxylic acids is 1. The van der Waals surface area contributed by atoms with Crippen molar-refractivity contribution in [3.8, 4) is 23.0 Å². The Hall–Kier alpha value is -6.57. The quantitative estimate of drug-likeness (QED) is 0.119. The van der Waals surface area contributed by atoms with Crippen molar-refractivity contribution in [2.45, 2.75) is 45.7 Å². The summed E-state index contributed by atoms with van der Waals surface area (Å²) in [6, 6.07) is 5.28. The van der Waals surface area contributed by atoms with E-state index in [1.807, 2.05) is 0 Å². The van der Waals surface area contributed by atoms with Gasteiger partial charge in [-0.3, -0.25) is 9.59 Å². The van der Waals surface area contributed by atoms with Crippen LogP contribution in [-0.2, 0) is 41.0 Å². The highest BCUT2D eigenvalue weighted by Gasteiger charge is 2.37. The molecule has 2 aromatic heterocycles. The summed E-state index contributed by atoms with van der Waals surface area (Å²) in [6.07, 6.45) is -13.7. The van der Waals surface area contributed by atoms with Gasteiger partial charge in [0.1, 0.15) is 35.8 Å².